The van der Waals surface area contributed by atoms with Gasteiger partial charge in [0.25, 0.3) is 0 Å². The first-order chi connectivity index (χ1) is 10.8. The molecule has 0 saturated heterocycles. The van der Waals surface area contributed by atoms with E-state index in [0.717, 1.165) is 11.3 Å². The summed E-state index contributed by atoms with van der Waals surface area (Å²) in [5, 5.41) is 2.50. The zero-order chi connectivity index (χ0) is 14.7. The molecule has 1 N–H and O–H groups in total. The van der Waals surface area contributed by atoms with Crippen molar-refractivity contribution in [2.75, 3.05) is 0 Å². The zero-order valence-electron chi connectivity index (χ0n) is 12.3. The number of nitrogens with one attached hydrogen (secondary N) is 1. The van der Waals surface area contributed by atoms with E-state index in [-0.39, 0.29) is 0 Å². The van der Waals surface area contributed by atoms with E-state index in [1.54, 1.807) is 0 Å². The molecule has 1 aromatic heterocycles. The number of aromatic amines is 1. The summed E-state index contributed by atoms with van der Waals surface area (Å²) >= 11 is 0. The Morgan fingerprint density at radius 3 is 2.64 bits per heavy atom. The van der Waals surface area contributed by atoms with Gasteiger partial charge in [-0.1, -0.05) is 48.5 Å². The Morgan fingerprint density at radius 2 is 1.68 bits per heavy atom. The minimum atomic E-state index is 0.636. The smallest absolute Gasteiger partial charge is 0.151 e. The Morgan fingerprint density at radius 1 is 0.818 bits per heavy atom. The number of benzene rings is 3. The molecule has 0 spiro atoms. The molecule has 3 aromatic carbocycles. The third-order valence-electron chi connectivity index (χ3n) is 4.65. The van der Waals surface area contributed by atoms with Gasteiger partial charge in [-0.3, -0.25) is 0 Å². The highest BCUT2D eigenvalue weighted by Crippen LogP contribution is 2.43. The quantitative estimate of drug-likeness (QED) is 0.472. The van der Waals surface area contributed by atoms with Crippen molar-refractivity contribution in [2.24, 2.45) is 0 Å². The van der Waals surface area contributed by atoms with Gasteiger partial charge >= 0.3 is 0 Å². The molecule has 0 fully saturated rings. The summed E-state index contributed by atoms with van der Waals surface area (Å²) in [4.78, 5) is 3.58. The molecule has 2 heterocycles. The van der Waals surface area contributed by atoms with Crippen molar-refractivity contribution in [1.29, 1.82) is 0 Å². The molecule has 22 heavy (non-hydrogen) atoms. The number of fused-ring (bicyclic) bond motifs is 7. The molecule has 0 atom stereocenters. The van der Waals surface area contributed by atoms with Crippen LogP contribution in [0.1, 0.15) is 11.1 Å². The third kappa shape index (κ3) is 1.44. The predicted molar refractivity (Wildman–Crippen MR) is 90.3 cm³/mol. The van der Waals surface area contributed by atoms with Gasteiger partial charge in [-0.15, -0.1) is 0 Å². The number of ether oxygens (including phenoxy) is 1. The highest BCUT2D eigenvalue weighted by atomic mass is 16.5. The van der Waals surface area contributed by atoms with Gasteiger partial charge in [0.15, 0.2) is 5.75 Å². The number of hydrogen-bond acceptors (Lipinski definition) is 1. The van der Waals surface area contributed by atoms with Crippen LogP contribution in [-0.2, 0) is 6.61 Å². The molecular formula is C20H15NO. The van der Waals surface area contributed by atoms with E-state index in [0.29, 0.717) is 6.61 Å². The SMILES string of the molecule is Cc1cccc2c1[nH]c1c3c(ccc12)-c1ccccc1CO3. The summed E-state index contributed by atoms with van der Waals surface area (Å²) in [5.41, 5.74) is 7.28. The highest BCUT2D eigenvalue weighted by Gasteiger charge is 2.21. The summed E-state index contributed by atoms with van der Waals surface area (Å²) in [6.45, 7) is 2.77. The molecule has 106 valence electrons. The molecule has 2 nitrogen and oxygen atoms in total. The highest BCUT2D eigenvalue weighted by molar-refractivity contribution is 6.12. The van der Waals surface area contributed by atoms with Gasteiger partial charge in [-0.25, -0.2) is 0 Å². The van der Waals surface area contributed by atoms with Crippen molar-refractivity contribution in [3.8, 4) is 16.9 Å². The largest absolute Gasteiger partial charge is 0.486 e. The molecule has 0 aliphatic carbocycles. The fraction of sp³-hybridized carbons (Fsp3) is 0.100. The molecule has 0 unspecified atom stereocenters. The average molecular weight is 285 g/mol. The maximum Gasteiger partial charge on any atom is 0.151 e. The molecule has 4 aromatic rings. The summed E-state index contributed by atoms with van der Waals surface area (Å²) in [6.07, 6.45) is 0. The van der Waals surface area contributed by atoms with Gasteiger partial charge in [-0.2, -0.15) is 0 Å². The molecule has 0 radical (unpaired) electrons. The summed E-state index contributed by atoms with van der Waals surface area (Å²) in [5.74, 6) is 0.979. The van der Waals surface area contributed by atoms with Gasteiger partial charge in [-0.05, 0) is 29.7 Å². The average Bonchev–Trinajstić information content (AvgIpc) is 2.95. The number of hydrogen-bond donors (Lipinski definition) is 1. The maximum atomic E-state index is 6.10. The Balaban J connectivity index is 1.91. The molecule has 0 bridgehead atoms. The van der Waals surface area contributed by atoms with Gasteiger partial charge in [0.2, 0.25) is 0 Å². The topological polar surface area (TPSA) is 25.0 Å². The van der Waals surface area contributed by atoms with Crippen LogP contribution in [-0.4, -0.2) is 4.98 Å². The van der Waals surface area contributed by atoms with Crippen LogP contribution in [0.25, 0.3) is 32.9 Å². The predicted octanol–water partition coefficient (Wildman–Crippen LogP) is 5.19. The fourth-order valence-corrected chi connectivity index (χ4v) is 3.54. The lowest BCUT2D eigenvalue weighted by Crippen LogP contribution is -2.05. The Labute approximate surface area is 128 Å². The lowest BCUT2D eigenvalue weighted by Gasteiger charge is -2.21. The van der Waals surface area contributed by atoms with Crippen LogP contribution >= 0.6 is 0 Å². The fourth-order valence-electron chi connectivity index (χ4n) is 3.54. The second-order valence-corrected chi connectivity index (χ2v) is 5.93. The Bertz CT molecular complexity index is 1040. The molecule has 0 amide bonds. The first-order valence-electron chi connectivity index (χ1n) is 7.58. The van der Waals surface area contributed by atoms with E-state index in [4.69, 9.17) is 4.74 Å². The van der Waals surface area contributed by atoms with Gasteiger partial charge in [0.1, 0.15) is 6.61 Å². The summed E-state index contributed by atoms with van der Waals surface area (Å²) < 4.78 is 6.10. The number of aryl methyl sites for hydroxylation is 1. The van der Waals surface area contributed by atoms with E-state index in [9.17, 15) is 0 Å². The second kappa shape index (κ2) is 4.14. The Kier molecular flexibility index (Phi) is 2.23. The van der Waals surface area contributed by atoms with Crippen molar-refractivity contribution in [3.63, 3.8) is 0 Å². The van der Waals surface area contributed by atoms with E-state index in [1.807, 2.05) is 0 Å². The number of H-pyrrole nitrogens is 1. The van der Waals surface area contributed by atoms with Crippen LogP contribution < -0.4 is 4.74 Å². The molecule has 5 rings (SSSR count). The van der Waals surface area contributed by atoms with E-state index in [2.05, 4.69) is 66.5 Å². The summed E-state index contributed by atoms with van der Waals surface area (Å²) in [6, 6.07) is 19.3. The van der Waals surface area contributed by atoms with Crippen molar-refractivity contribution >= 4 is 21.8 Å². The number of rotatable bonds is 0. The lowest BCUT2D eigenvalue weighted by molar-refractivity contribution is 0.305. The third-order valence-corrected chi connectivity index (χ3v) is 4.65. The zero-order valence-corrected chi connectivity index (χ0v) is 12.3. The van der Waals surface area contributed by atoms with Crippen molar-refractivity contribution < 1.29 is 4.74 Å². The number of aromatic nitrogens is 1. The van der Waals surface area contributed by atoms with E-state index >= 15 is 0 Å². The van der Waals surface area contributed by atoms with Crippen molar-refractivity contribution in [2.45, 2.75) is 13.5 Å². The summed E-state index contributed by atoms with van der Waals surface area (Å²) in [7, 11) is 0. The Hall–Kier alpha value is -2.74. The van der Waals surface area contributed by atoms with E-state index in [1.165, 1.54) is 38.5 Å². The van der Waals surface area contributed by atoms with Crippen LogP contribution in [0.3, 0.4) is 0 Å². The van der Waals surface area contributed by atoms with Gasteiger partial charge in [0, 0.05) is 21.9 Å². The normalized spacial score (nSPS) is 13.0. The van der Waals surface area contributed by atoms with Crippen LogP contribution in [0.5, 0.6) is 5.75 Å². The van der Waals surface area contributed by atoms with Gasteiger partial charge < -0.3 is 9.72 Å². The standard InChI is InChI=1S/C20H15NO/c1-12-5-4-8-15-16-9-10-17-14-7-3-2-6-13(14)11-22-20(17)19(16)21-18(12)15/h2-10,21H,11H2,1H3. The van der Waals surface area contributed by atoms with E-state index < -0.39 is 0 Å². The second-order valence-electron chi connectivity index (χ2n) is 5.93. The van der Waals surface area contributed by atoms with Crippen LogP contribution in [0.2, 0.25) is 0 Å². The monoisotopic (exact) mass is 285 g/mol. The molecule has 2 heteroatoms. The molecule has 1 aliphatic heterocycles. The van der Waals surface area contributed by atoms with Crippen LogP contribution in [0.4, 0.5) is 0 Å². The first-order valence-corrected chi connectivity index (χ1v) is 7.58. The van der Waals surface area contributed by atoms with Crippen LogP contribution in [0, 0.1) is 6.92 Å². The molecule has 0 saturated carbocycles. The first kappa shape index (κ1) is 11.9. The maximum absolute atomic E-state index is 6.10. The van der Waals surface area contributed by atoms with Gasteiger partial charge in [0.05, 0.1) is 5.52 Å². The minimum Gasteiger partial charge on any atom is -0.486 e. The van der Waals surface area contributed by atoms with Crippen molar-refractivity contribution in [3.05, 3.63) is 65.7 Å². The lowest BCUT2D eigenvalue weighted by atomic mass is 9.96. The van der Waals surface area contributed by atoms with Crippen LogP contribution in [0.15, 0.2) is 54.6 Å². The van der Waals surface area contributed by atoms with Crippen molar-refractivity contribution in [1.82, 2.24) is 4.98 Å². The molecule has 1 aliphatic rings. The number of para-hydroxylation sites is 1. The molecular weight excluding hydrogens is 270 g/mol. The minimum absolute atomic E-state index is 0.636.